The Kier molecular flexibility index (Phi) is 5.32. The van der Waals surface area contributed by atoms with Gasteiger partial charge < -0.3 is 4.57 Å². The summed E-state index contributed by atoms with van der Waals surface area (Å²) in [5.41, 5.74) is 8.37. The molecule has 10 rings (SSSR count). The van der Waals surface area contributed by atoms with E-state index in [1.165, 1.54) is 74.3 Å². The van der Waals surface area contributed by atoms with E-state index >= 15 is 0 Å². The van der Waals surface area contributed by atoms with Gasteiger partial charge in [-0.15, -0.1) is 22.7 Å². The maximum absolute atomic E-state index is 4.73. The van der Waals surface area contributed by atoms with Gasteiger partial charge >= 0.3 is 0 Å². The van der Waals surface area contributed by atoms with Crippen LogP contribution in [0.25, 0.3) is 90.2 Å². The summed E-state index contributed by atoms with van der Waals surface area (Å²) in [6.07, 6.45) is 3.66. The van der Waals surface area contributed by atoms with Crippen LogP contribution < -0.4 is 0 Å². The highest BCUT2D eigenvalue weighted by atomic mass is 32.1. The third-order valence-electron chi connectivity index (χ3n) is 8.92. The second-order valence-electron chi connectivity index (χ2n) is 11.4. The quantitative estimate of drug-likeness (QED) is 0.199. The van der Waals surface area contributed by atoms with Crippen molar-refractivity contribution in [3.8, 4) is 27.9 Å². The fourth-order valence-electron chi connectivity index (χ4n) is 7.02. The molecule has 0 aliphatic heterocycles. The van der Waals surface area contributed by atoms with E-state index in [4.69, 9.17) is 4.98 Å². The van der Waals surface area contributed by atoms with Gasteiger partial charge in [0.25, 0.3) is 0 Å². The minimum absolute atomic E-state index is 1.03. The highest BCUT2D eigenvalue weighted by Gasteiger charge is 2.25. The zero-order valence-corrected chi connectivity index (χ0v) is 25.6. The molecule has 0 saturated heterocycles. The Morgan fingerprint density at radius 2 is 1.16 bits per heavy atom. The first-order valence-electron chi connectivity index (χ1n) is 15.0. The lowest BCUT2D eigenvalue weighted by atomic mass is 9.98. The Labute approximate surface area is 266 Å². The smallest absolute Gasteiger partial charge is 0.127 e. The van der Waals surface area contributed by atoms with Crippen LogP contribution in [0.2, 0.25) is 0 Å². The summed E-state index contributed by atoms with van der Waals surface area (Å²) in [4.78, 5) is 10.2. The van der Waals surface area contributed by atoms with Gasteiger partial charge in [0, 0.05) is 48.9 Å². The first-order chi connectivity index (χ1) is 22.3. The van der Waals surface area contributed by atoms with Crippen molar-refractivity contribution in [1.29, 1.82) is 0 Å². The van der Waals surface area contributed by atoms with Crippen LogP contribution in [0.1, 0.15) is 0 Å². The van der Waals surface area contributed by atoms with Crippen molar-refractivity contribution >= 4 is 85.0 Å². The topological polar surface area (TPSA) is 30.7 Å². The van der Waals surface area contributed by atoms with Crippen LogP contribution in [0.15, 0.2) is 140 Å². The highest BCUT2D eigenvalue weighted by molar-refractivity contribution is 7.33. The predicted molar refractivity (Wildman–Crippen MR) is 193 cm³/mol. The first kappa shape index (κ1) is 25.0. The molecule has 0 bridgehead atoms. The van der Waals surface area contributed by atoms with Crippen molar-refractivity contribution in [2.75, 3.05) is 0 Å². The molecule has 45 heavy (non-hydrogen) atoms. The number of benzene rings is 6. The summed E-state index contributed by atoms with van der Waals surface area (Å²) < 4.78 is 6.41. The average molecular weight is 610 g/mol. The van der Waals surface area contributed by atoms with Crippen LogP contribution >= 0.6 is 22.7 Å². The molecule has 0 radical (unpaired) electrons. The van der Waals surface area contributed by atoms with Crippen molar-refractivity contribution in [3.05, 3.63) is 140 Å². The molecule has 6 aromatic carbocycles. The lowest BCUT2D eigenvalue weighted by Crippen LogP contribution is -1.96. The van der Waals surface area contributed by atoms with Crippen molar-refractivity contribution in [2.24, 2.45) is 0 Å². The molecular weight excluding hydrogens is 587 g/mol. The van der Waals surface area contributed by atoms with Gasteiger partial charge in [-0.1, -0.05) is 97.1 Å². The summed E-state index contributed by atoms with van der Waals surface area (Å²) in [5, 5.41) is 7.48. The fraction of sp³-hybridized carbons (Fsp3) is 0. The van der Waals surface area contributed by atoms with E-state index in [-0.39, 0.29) is 0 Å². The van der Waals surface area contributed by atoms with Gasteiger partial charge in [0.15, 0.2) is 0 Å². The standard InChI is InChI=1S/C40H23N3S2/c1-3-11-24(12-4-1)26-19-27(25-13-5-2-6-14-25)21-28(20-26)43-32-17-9-7-15-29(32)34-35-31-22-41-23-42-40(31)45-38(35)39-36(37(34)43)30-16-8-10-18-33(30)44-39/h1-23H. The fourth-order valence-corrected chi connectivity index (χ4v) is 9.49. The summed E-state index contributed by atoms with van der Waals surface area (Å²) in [6, 6.07) is 46.2. The third-order valence-corrected chi connectivity index (χ3v) is 11.4. The lowest BCUT2D eigenvalue weighted by molar-refractivity contribution is 1.19. The molecule has 0 fully saturated rings. The van der Waals surface area contributed by atoms with Crippen LogP contribution in [0.5, 0.6) is 0 Å². The molecule has 3 nitrogen and oxygen atoms in total. The minimum Gasteiger partial charge on any atom is -0.308 e. The Morgan fingerprint density at radius 1 is 0.511 bits per heavy atom. The Balaban J connectivity index is 1.46. The van der Waals surface area contributed by atoms with E-state index in [1.807, 2.05) is 17.5 Å². The van der Waals surface area contributed by atoms with Crippen LogP contribution in [0.4, 0.5) is 0 Å². The molecule has 210 valence electrons. The van der Waals surface area contributed by atoms with Gasteiger partial charge in [-0.05, 0) is 52.6 Å². The molecule has 10 aromatic rings. The summed E-state index contributed by atoms with van der Waals surface area (Å²) in [5.74, 6) is 0. The summed E-state index contributed by atoms with van der Waals surface area (Å²) in [6.45, 7) is 0. The molecule has 0 spiro atoms. The van der Waals surface area contributed by atoms with Gasteiger partial charge in [-0.3, -0.25) is 0 Å². The predicted octanol–water partition coefficient (Wildman–Crippen LogP) is 11.6. The molecule has 4 aromatic heterocycles. The minimum atomic E-state index is 1.03. The number of nitrogens with zero attached hydrogens (tertiary/aromatic N) is 3. The monoisotopic (exact) mass is 609 g/mol. The molecule has 5 heteroatoms. The number of hydrogen-bond donors (Lipinski definition) is 0. The number of thiophene rings is 2. The lowest BCUT2D eigenvalue weighted by Gasteiger charge is -2.15. The normalized spacial score (nSPS) is 12.0. The van der Waals surface area contributed by atoms with E-state index in [2.05, 4.69) is 137 Å². The molecular formula is C40H23N3S2. The molecule has 0 N–H and O–H groups in total. The average Bonchev–Trinajstić information content (AvgIpc) is 3.79. The number of para-hydroxylation sites is 1. The van der Waals surface area contributed by atoms with Crippen LogP contribution in [0, 0.1) is 0 Å². The number of aromatic nitrogens is 3. The third kappa shape index (κ3) is 3.62. The Morgan fingerprint density at radius 3 is 1.91 bits per heavy atom. The Bertz CT molecular complexity index is 2700. The largest absolute Gasteiger partial charge is 0.308 e. The van der Waals surface area contributed by atoms with Gasteiger partial charge in [0.1, 0.15) is 11.2 Å². The second kappa shape index (κ2) is 9.57. The molecule has 0 amide bonds. The maximum Gasteiger partial charge on any atom is 0.127 e. The zero-order chi connectivity index (χ0) is 29.5. The van der Waals surface area contributed by atoms with Crippen molar-refractivity contribution in [3.63, 3.8) is 0 Å². The number of rotatable bonds is 3. The van der Waals surface area contributed by atoms with Crippen molar-refractivity contribution < 1.29 is 0 Å². The van der Waals surface area contributed by atoms with E-state index in [1.54, 1.807) is 17.7 Å². The zero-order valence-electron chi connectivity index (χ0n) is 23.9. The van der Waals surface area contributed by atoms with Crippen LogP contribution in [-0.2, 0) is 0 Å². The number of fused-ring (bicyclic) bond motifs is 12. The van der Waals surface area contributed by atoms with E-state index < -0.39 is 0 Å². The SMILES string of the molecule is c1ccc(-c2cc(-c3ccccc3)cc(-n3c4ccccc4c4c5c6cncnc6sc5c5sc6ccccc6c5c43)c2)cc1. The van der Waals surface area contributed by atoms with E-state index in [9.17, 15) is 0 Å². The van der Waals surface area contributed by atoms with Crippen LogP contribution in [-0.4, -0.2) is 14.5 Å². The molecule has 0 unspecified atom stereocenters. The van der Waals surface area contributed by atoms with E-state index in [0.717, 1.165) is 15.9 Å². The second-order valence-corrected chi connectivity index (χ2v) is 13.5. The van der Waals surface area contributed by atoms with Crippen molar-refractivity contribution in [2.45, 2.75) is 0 Å². The highest BCUT2D eigenvalue weighted by Crippen LogP contribution is 2.51. The van der Waals surface area contributed by atoms with Gasteiger partial charge in [0.2, 0.25) is 0 Å². The number of hydrogen-bond acceptors (Lipinski definition) is 4. The molecule has 0 atom stereocenters. The van der Waals surface area contributed by atoms with Gasteiger partial charge in [0.05, 0.1) is 20.4 Å². The van der Waals surface area contributed by atoms with Crippen molar-refractivity contribution in [1.82, 2.24) is 14.5 Å². The molecule has 0 aliphatic rings. The molecule has 0 aliphatic carbocycles. The van der Waals surface area contributed by atoms with Crippen LogP contribution in [0.3, 0.4) is 0 Å². The van der Waals surface area contributed by atoms with Gasteiger partial charge in [-0.2, -0.15) is 0 Å². The summed E-state index contributed by atoms with van der Waals surface area (Å²) >= 11 is 3.67. The molecule has 0 saturated carbocycles. The first-order valence-corrected chi connectivity index (χ1v) is 16.6. The summed E-state index contributed by atoms with van der Waals surface area (Å²) in [7, 11) is 0. The van der Waals surface area contributed by atoms with Gasteiger partial charge in [-0.25, -0.2) is 9.97 Å². The maximum atomic E-state index is 4.73. The Hall–Kier alpha value is -5.36. The molecule has 4 heterocycles. The van der Waals surface area contributed by atoms with E-state index in [0.29, 0.717) is 0 Å².